The van der Waals surface area contributed by atoms with Gasteiger partial charge in [0.05, 0.1) is 5.41 Å². The van der Waals surface area contributed by atoms with Gasteiger partial charge in [0.1, 0.15) is 5.75 Å². The summed E-state index contributed by atoms with van der Waals surface area (Å²) in [6.07, 6.45) is 1.45. The van der Waals surface area contributed by atoms with Gasteiger partial charge in [0.15, 0.2) is 6.61 Å². The molecule has 5 heteroatoms. The van der Waals surface area contributed by atoms with Gasteiger partial charge >= 0.3 is 5.97 Å². The molecule has 1 aromatic carbocycles. The molecule has 1 saturated heterocycles. The molecular formula is C18H25NO4. The Morgan fingerprint density at radius 2 is 1.96 bits per heavy atom. The summed E-state index contributed by atoms with van der Waals surface area (Å²) in [6, 6.07) is 7.66. The third-order valence-corrected chi connectivity index (χ3v) is 4.88. The number of hydrogen-bond acceptors (Lipinski definition) is 3. The molecule has 1 N–H and O–H groups in total. The molecule has 23 heavy (non-hydrogen) atoms. The third-order valence-electron chi connectivity index (χ3n) is 4.88. The van der Waals surface area contributed by atoms with Crippen molar-refractivity contribution in [3.8, 4) is 5.75 Å². The molecule has 1 aliphatic rings. The smallest absolute Gasteiger partial charge is 0.311 e. The van der Waals surface area contributed by atoms with Crippen LogP contribution in [0.5, 0.6) is 5.75 Å². The van der Waals surface area contributed by atoms with Crippen LogP contribution < -0.4 is 4.74 Å². The minimum atomic E-state index is -0.835. The van der Waals surface area contributed by atoms with Crippen LogP contribution in [0.15, 0.2) is 24.3 Å². The third kappa shape index (κ3) is 3.66. The average Bonchev–Trinajstić information content (AvgIpc) is 3.00. The van der Waals surface area contributed by atoms with Crippen molar-refractivity contribution in [2.45, 2.75) is 33.6 Å². The first-order valence-corrected chi connectivity index (χ1v) is 8.12. The summed E-state index contributed by atoms with van der Waals surface area (Å²) in [4.78, 5) is 25.5. The molecule has 1 unspecified atom stereocenters. The van der Waals surface area contributed by atoms with Gasteiger partial charge in [0, 0.05) is 13.1 Å². The van der Waals surface area contributed by atoms with Crippen LogP contribution in [-0.2, 0) is 16.0 Å². The fourth-order valence-electron chi connectivity index (χ4n) is 3.00. The number of likely N-dealkylation sites (tertiary alicyclic amines) is 1. The maximum absolute atomic E-state index is 12.3. The Labute approximate surface area is 137 Å². The lowest BCUT2D eigenvalue weighted by atomic mass is 9.76. The number of carboxylic acid groups (broad SMARTS) is 1. The summed E-state index contributed by atoms with van der Waals surface area (Å²) in [5.74, 6) is -0.337. The highest BCUT2D eigenvalue weighted by Gasteiger charge is 2.48. The Hall–Kier alpha value is -2.04. The standard InChI is InChI=1S/C18H25NO4/c1-4-14-5-7-15(8-6-14)23-11-16(20)19-10-9-18(12-19,13(2)3)17(21)22/h5-8,13H,4,9-12H2,1-3H3,(H,21,22). The maximum atomic E-state index is 12.3. The quantitative estimate of drug-likeness (QED) is 0.875. The Balaban J connectivity index is 1.92. The number of rotatable bonds is 6. The highest BCUT2D eigenvalue weighted by Crippen LogP contribution is 2.38. The van der Waals surface area contributed by atoms with E-state index in [-0.39, 0.29) is 25.0 Å². The molecule has 1 heterocycles. The van der Waals surface area contributed by atoms with E-state index < -0.39 is 11.4 Å². The van der Waals surface area contributed by atoms with Crippen molar-refractivity contribution in [1.29, 1.82) is 0 Å². The van der Waals surface area contributed by atoms with Gasteiger partial charge in [-0.3, -0.25) is 9.59 Å². The van der Waals surface area contributed by atoms with Gasteiger partial charge in [-0.05, 0) is 36.5 Å². The fraction of sp³-hybridized carbons (Fsp3) is 0.556. The SMILES string of the molecule is CCc1ccc(OCC(=O)N2CCC(C(=O)O)(C(C)C)C2)cc1. The summed E-state index contributed by atoms with van der Waals surface area (Å²) in [5.41, 5.74) is 0.379. The summed E-state index contributed by atoms with van der Waals surface area (Å²) < 4.78 is 5.53. The van der Waals surface area contributed by atoms with E-state index in [0.717, 1.165) is 6.42 Å². The normalized spacial score (nSPS) is 20.8. The zero-order valence-electron chi connectivity index (χ0n) is 14.0. The predicted molar refractivity (Wildman–Crippen MR) is 87.4 cm³/mol. The van der Waals surface area contributed by atoms with E-state index in [2.05, 4.69) is 6.92 Å². The second-order valence-corrected chi connectivity index (χ2v) is 6.47. The van der Waals surface area contributed by atoms with Gasteiger partial charge in [-0.15, -0.1) is 0 Å². The van der Waals surface area contributed by atoms with Crippen LogP contribution in [0.25, 0.3) is 0 Å². The van der Waals surface area contributed by atoms with Crippen LogP contribution in [-0.4, -0.2) is 41.6 Å². The second-order valence-electron chi connectivity index (χ2n) is 6.47. The van der Waals surface area contributed by atoms with Crippen molar-refractivity contribution < 1.29 is 19.4 Å². The number of hydrogen-bond donors (Lipinski definition) is 1. The largest absolute Gasteiger partial charge is 0.484 e. The van der Waals surface area contributed by atoms with E-state index in [1.165, 1.54) is 5.56 Å². The number of aliphatic carboxylic acids is 1. The molecule has 1 aromatic rings. The number of benzene rings is 1. The summed E-state index contributed by atoms with van der Waals surface area (Å²) in [6.45, 7) is 6.55. The molecule has 1 fully saturated rings. The monoisotopic (exact) mass is 319 g/mol. The van der Waals surface area contributed by atoms with Crippen LogP contribution in [0, 0.1) is 11.3 Å². The van der Waals surface area contributed by atoms with Gasteiger partial charge in [0.2, 0.25) is 0 Å². The number of carbonyl (C=O) groups is 2. The molecule has 0 aromatic heterocycles. The minimum Gasteiger partial charge on any atom is -0.484 e. The zero-order valence-corrected chi connectivity index (χ0v) is 14.0. The molecule has 0 bridgehead atoms. The number of nitrogens with zero attached hydrogens (tertiary/aromatic N) is 1. The van der Waals surface area contributed by atoms with Crippen molar-refractivity contribution in [2.24, 2.45) is 11.3 Å². The molecule has 0 spiro atoms. The first-order valence-electron chi connectivity index (χ1n) is 8.12. The minimum absolute atomic E-state index is 0.0136. The van der Waals surface area contributed by atoms with Crippen molar-refractivity contribution >= 4 is 11.9 Å². The van der Waals surface area contributed by atoms with Crippen LogP contribution in [0.2, 0.25) is 0 Å². The topological polar surface area (TPSA) is 66.8 Å². The van der Waals surface area contributed by atoms with Crippen LogP contribution in [0.3, 0.4) is 0 Å². The van der Waals surface area contributed by atoms with E-state index in [0.29, 0.717) is 18.7 Å². The van der Waals surface area contributed by atoms with Gasteiger partial charge in [-0.2, -0.15) is 0 Å². The lowest BCUT2D eigenvalue weighted by molar-refractivity contribution is -0.151. The van der Waals surface area contributed by atoms with Crippen LogP contribution >= 0.6 is 0 Å². The summed E-state index contributed by atoms with van der Waals surface area (Å²) >= 11 is 0. The van der Waals surface area contributed by atoms with Crippen LogP contribution in [0.4, 0.5) is 0 Å². The molecule has 0 radical (unpaired) electrons. The van der Waals surface area contributed by atoms with E-state index in [1.54, 1.807) is 4.90 Å². The van der Waals surface area contributed by atoms with Crippen molar-refractivity contribution in [2.75, 3.05) is 19.7 Å². The lowest BCUT2D eigenvalue weighted by Gasteiger charge is -2.28. The molecule has 0 aliphatic carbocycles. The second kappa shape index (κ2) is 7.02. The highest BCUT2D eigenvalue weighted by molar-refractivity contribution is 5.81. The molecule has 1 amide bonds. The number of carboxylic acids is 1. The summed E-state index contributed by atoms with van der Waals surface area (Å²) in [7, 11) is 0. The van der Waals surface area contributed by atoms with E-state index in [4.69, 9.17) is 4.74 Å². The number of carbonyl (C=O) groups excluding carboxylic acids is 1. The average molecular weight is 319 g/mol. The van der Waals surface area contributed by atoms with Gasteiger partial charge in [-0.1, -0.05) is 32.9 Å². The predicted octanol–water partition coefficient (Wildman–Crippen LogP) is 2.59. The summed E-state index contributed by atoms with van der Waals surface area (Å²) in [5, 5.41) is 9.52. The van der Waals surface area contributed by atoms with Gasteiger partial charge < -0.3 is 14.7 Å². The molecule has 0 saturated carbocycles. The molecule has 5 nitrogen and oxygen atoms in total. The number of ether oxygens (including phenoxy) is 1. The van der Waals surface area contributed by atoms with E-state index in [9.17, 15) is 14.7 Å². The molecule has 2 rings (SSSR count). The first kappa shape index (κ1) is 17.3. The van der Waals surface area contributed by atoms with Crippen molar-refractivity contribution in [1.82, 2.24) is 4.90 Å². The van der Waals surface area contributed by atoms with E-state index >= 15 is 0 Å². The highest BCUT2D eigenvalue weighted by atomic mass is 16.5. The number of aryl methyl sites for hydroxylation is 1. The Morgan fingerprint density at radius 3 is 2.43 bits per heavy atom. The van der Waals surface area contributed by atoms with Crippen LogP contribution in [0.1, 0.15) is 32.8 Å². The molecule has 126 valence electrons. The Bertz CT molecular complexity index is 567. The molecule has 1 aliphatic heterocycles. The maximum Gasteiger partial charge on any atom is 0.311 e. The zero-order chi connectivity index (χ0) is 17.0. The molecular weight excluding hydrogens is 294 g/mol. The van der Waals surface area contributed by atoms with Crippen molar-refractivity contribution in [3.63, 3.8) is 0 Å². The van der Waals surface area contributed by atoms with Gasteiger partial charge in [0.25, 0.3) is 5.91 Å². The van der Waals surface area contributed by atoms with E-state index in [1.807, 2.05) is 38.1 Å². The first-order chi connectivity index (χ1) is 10.9. The number of amides is 1. The van der Waals surface area contributed by atoms with Crippen molar-refractivity contribution in [3.05, 3.63) is 29.8 Å². The van der Waals surface area contributed by atoms with Gasteiger partial charge in [-0.25, -0.2) is 0 Å². The molecule has 1 atom stereocenters. The fourth-order valence-corrected chi connectivity index (χ4v) is 3.00. The Kier molecular flexibility index (Phi) is 5.29. The Morgan fingerprint density at radius 1 is 1.30 bits per heavy atom. The lowest BCUT2D eigenvalue weighted by Crippen LogP contribution is -2.41.